The molecule has 0 aromatic heterocycles. The van der Waals surface area contributed by atoms with Crippen molar-refractivity contribution in [2.45, 2.75) is 4.90 Å². The van der Waals surface area contributed by atoms with E-state index >= 15 is 0 Å². The number of halogens is 1. The highest BCUT2D eigenvalue weighted by Gasteiger charge is 2.20. The highest BCUT2D eigenvalue weighted by atomic mass is 35.5. The number of nitrogens with two attached hydrogens (primary N) is 1. The van der Waals surface area contributed by atoms with Gasteiger partial charge in [0, 0.05) is 11.8 Å². The summed E-state index contributed by atoms with van der Waals surface area (Å²) in [6, 6.07) is 9.37. The van der Waals surface area contributed by atoms with E-state index in [4.69, 9.17) is 17.3 Å². The fraction of sp³-hybridized carbons (Fsp3) is 0. The van der Waals surface area contributed by atoms with E-state index in [-0.39, 0.29) is 15.6 Å². The zero-order chi connectivity index (χ0) is 15.6. The van der Waals surface area contributed by atoms with Crippen molar-refractivity contribution in [2.75, 3.05) is 10.5 Å². The Labute approximate surface area is 125 Å². The fourth-order valence-corrected chi connectivity index (χ4v) is 2.87. The van der Waals surface area contributed by atoms with Crippen LogP contribution in [-0.4, -0.2) is 13.3 Å². The SMILES string of the molecule is Nc1cccc(NS(=O)(=O)c2ccc(Cl)c([N+](=O)[O-])c2)c1. The molecular weight excluding hydrogens is 318 g/mol. The molecule has 0 aliphatic rings. The summed E-state index contributed by atoms with van der Waals surface area (Å²) >= 11 is 5.65. The van der Waals surface area contributed by atoms with Gasteiger partial charge in [0.05, 0.1) is 15.5 Å². The lowest BCUT2D eigenvalue weighted by atomic mass is 10.3. The smallest absolute Gasteiger partial charge is 0.289 e. The molecule has 0 amide bonds. The average Bonchev–Trinajstić information content (AvgIpc) is 2.38. The summed E-state index contributed by atoms with van der Waals surface area (Å²) in [6.07, 6.45) is 0. The number of rotatable bonds is 4. The number of anilines is 2. The monoisotopic (exact) mass is 327 g/mol. The van der Waals surface area contributed by atoms with Crippen molar-refractivity contribution in [3.63, 3.8) is 0 Å². The van der Waals surface area contributed by atoms with E-state index in [2.05, 4.69) is 4.72 Å². The van der Waals surface area contributed by atoms with Crippen molar-refractivity contribution in [1.82, 2.24) is 0 Å². The Morgan fingerprint density at radius 3 is 2.52 bits per heavy atom. The number of nitro benzene ring substituents is 1. The molecule has 2 aromatic rings. The second-order valence-electron chi connectivity index (χ2n) is 4.10. The molecule has 0 bridgehead atoms. The van der Waals surface area contributed by atoms with Gasteiger partial charge in [0.1, 0.15) is 5.02 Å². The predicted octanol–water partition coefficient (Wildman–Crippen LogP) is 2.63. The Morgan fingerprint density at radius 2 is 1.90 bits per heavy atom. The predicted molar refractivity (Wildman–Crippen MR) is 79.8 cm³/mol. The average molecular weight is 328 g/mol. The first-order valence-electron chi connectivity index (χ1n) is 5.62. The first-order valence-corrected chi connectivity index (χ1v) is 7.48. The van der Waals surface area contributed by atoms with Gasteiger partial charge in [-0.3, -0.25) is 14.8 Å². The molecule has 0 heterocycles. The van der Waals surface area contributed by atoms with Gasteiger partial charge in [-0.2, -0.15) is 0 Å². The molecule has 110 valence electrons. The summed E-state index contributed by atoms with van der Waals surface area (Å²) in [5.74, 6) is 0. The van der Waals surface area contributed by atoms with Crippen LogP contribution in [0.1, 0.15) is 0 Å². The number of sulfonamides is 1. The molecule has 2 aromatic carbocycles. The number of hydrogen-bond acceptors (Lipinski definition) is 5. The minimum absolute atomic E-state index is 0.136. The van der Waals surface area contributed by atoms with Gasteiger partial charge in [0.15, 0.2) is 0 Å². The standard InChI is InChI=1S/C12H10ClN3O4S/c13-11-5-4-10(7-12(11)16(17)18)21(19,20)15-9-3-1-2-8(14)6-9/h1-7,15H,14H2. The highest BCUT2D eigenvalue weighted by molar-refractivity contribution is 7.92. The zero-order valence-electron chi connectivity index (χ0n) is 10.5. The van der Waals surface area contributed by atoms with E-state index in [1.165, 1.54) is 18.2 Å². The third-order valence-electron chi connectivity index (χ3n) is 2.56. The molecule has 0 fully saturated rings. The normalized spacial score (nSPS) is 11.1. The van der Waals surface area contributed by atoms with Gasteiger partial charge in [-0.1, -0.05) is 17.7 Å². The van der Waals surface area contributed by atoms with Crippen molar-refractivity contribution in [3.05, 3.63) is 57.6 Å². The number of nitrogen functional groups attached to an aromatic ring is 1. The molecule has 3 N–H and O–H groups in total. The van der Waals surface area contributed by atoms with Crippen molar-refractivity contribution >= 4 is 38.7 Å². The number of benzene rings is 2. The van der Waals surface area contributed by atoms with Crippen molar-refractivity contribution < 1.29 is 13.3 Å². The quantitative estimate of drug-likeness (QED) is 0.508. The summed E-state index contributed by atoms with van der Waals surface area (Å²) in [6.45, 7) is 0. The van der Waals surface area contributed by atoms with Crippen LogP contribution in [0.4, 0.5) is 17.1 Å². The van der Waals surface area contributed by atoms with Gasteiger partial charge in [-0.15, -0.1) is 0 Å². The Balaban J connectivity index is 2.40. The molecule has 0 aliphatic carbocycles. The Kier molecular flexibility index (Phi) is 4.01. The van der Waals surface area contributed by atoms with E-state index in [0.29, 0.717) is 5.69 Å². The fourth-order valence-electron chi connectivity index (χ4n) is 1.62. The van der Waals surface area contributed by atoms with Crippen LogP contribution in [0.2, 0.25) is 5.02 Å². The van der Waals surface area contributed by atoms with E-state index in [1.807, 2.05) is 0 Å². The molecule has 0 radical (unpaired) electrons. The largest absolute Gasteiger partial charge is 0.399 e. The van der Waals surface area contributed by atoms with E-state index < -0.39 is 20.6 Å². The van der Waals surface area contributed by atoms with Crippen LogP contribution in [-0.2, 0) is 10.0 Å². The molecule has 21 heavy (non-hydrogen) atoms. The summed E-state index contributed by atoms with van der Waals surface area (Å²) in [5, 5.41) is 10.7. The maximum absolute atomic E-state index is 12.2. The summed E-state index contributed by atoms with van der Waals surface area (Å²) in [4.78, 5) is 9.78. The zero-order valence-corrected chi connectivity index (χ0v) is 12.1. The molecule has 2 rings (SSSR count). The maximum atomic E-state index is 12.2. The van der Waals surface area contributed by atoms with Gasteiger partial charge in [0.25, 0.3) is 15.7 Å². The van der Waals surface area contributed by atoms with Gasteiger partial charge in [-0.25, -0.2) is 8.42 Å². The minimum atomic E-state index is -3.97. The third-order valence-corrected chi connectivity index (χ3v) is 4.26. The Morgan fingerprint density at radius 1 is 1.19 bits per heavy atom. The molecule has 9 heteroatoms. The lowest BCUT2D eigenvalue weighted by molar-refractivity contribution is -0.384. The molecule has 7 nitrogen and oxygen atoms in total. The summed E-state index contributed by atoms with van der Waals surface area (Å²) < 4.78 is 26.7. The molecular formula is C12H10ClN3O4S. The van der Waals surface area contributed by atoms with Crippen LogP contribution in [0.15, 0.2) is 47.4 Å². The topological polar surface area (TPSA) is 115 Å². The van der Waals surface area contributed by atoms with Crippen molar-refractivity contribution in [1.29, 1.82) is 0 Å². The molecule has 0 saturated heterocycles. The molecule has 0 atom stereocenters. The number of nitro groups is 1. The van der Waals surface area contributed by atoms with Crippen LogP contribution >= 0.6 is 11.6 Å². The van der Waals surface area contributed by atoms with Gasteiger partial charge in [-0.05, 0) is 30.3 Å². The minimum Gasteiger partial charge on any atom is -0.399 e. The molecule has 0 saturated carbocycles. The highest BCUT2D eigenvalue weighted by Crippen LogP contribution is 2.28. The van der Waals surface area contributed by atoms with Crippen molar-refractivity contribution in [2.24, 2.45) is 0 Å². The van der Waals surface area contributed by atoms with Crippen LogP contribution < -0.4 is 10.5 Å². The second kappa shape index (κ2) is 5.58. The van der Waals surface area contributed by atoms with Crippen LogP contribution in [0, 0.1) is 10.1 Å². The summed E-state index contributed by atoms with van der Waals surface area (Å²) in [5.41, 5.74) is 5.72. The molecule has 0 aliphatic heterocycles. The number of nitrogens with one attached hydrogen (secondary N) is 1. The molecule has 0 spiro atoms. The number of nitrogens with zero attached hydrogens (tertiary/aromatic N) is 1. The summed E-state index contributed by atoms with van der Waals surface area (Å²) in [7, 11) is -3.97. The van der Waals surface area contributed by atoms with Crippen molar-refractivity contribution in [3.8, 4) is 0 Å². The third kappa shape index (κ3) is 3.41. The van der Waals surface area contributed by atoms with Gasteiger partial charge < -0.3 is 5.73 Å². The van der Waals surface area contributed by atoms with E-state index in [0.717, 1.165) is 12.1 Å². The first-order chi connectivity index (χ1) is 9.79. The first kappa shape index (κ1) is 15.1. The Bertz CT molecular complexity index is 808. The van der Waals surface area contributed by atoms with Crippen LogP contribution in [0.25, 0.3) is 0 Å². The molecule has 0 unspecified atom stereocenters. The van der Waals surface area contributed by atoms with Gasteiger partial charge >= 0.3 is 0 Å². The van der Waals surface area contributed by atoms with Gasteiger partial charge in [0.2, 0.25) is 0 Å². The van der Waals surface area contributed by atoms with Crippen LogP contribution in [0.3, 0.4) is 0 Å². The van der Waals surface area contributed by atoms with E-state index in [9.17, 15) is 18.5 Å². The van der Waals surface area contributed by atoms with Crippen LogP contribution in [0.5, 0.6) is 0 Å². The second-order valence-corrected chi connectivity index (χ2v) is 6.19. The van der Waals surface area contributed by atoms with E-state index in [1.54, 1.807) is 12.1 Å². The lowest BCUT2D eigenvalue weighted by Crippen LogP contribution is -2.13. The maximum Gasteiger partial charge on any atom is 0.289 e. The number of hydrogen-bond donors (Lipinski definition) is 2. The lowest BCUT2D eigenvalue weighted by Gasteiger charge is -2.08. The Hall–Kier alpha value is -2.32.